The Balaban J connectivity index is 2.18. The summed E-state index contributed by atoms with van der Waals surface area (Å²) in [5, 5.41) is 7.18. The van der Waals surface area contributed by atoms with Crippen molar-refractivity contribution < 1.29 is 4.79 Å². The first-order valence-electron chi connectivity index (χ1n) is 4.90. The molecule has 0 radical (unpaired) electrons. The van der Waals surface area contributed by atoms with E-state index in [4.69, 9.17) is 0 Å². The Kier molecular flexibility index (Phi) is 2.06. The van der Waals surface area contributed by atoms with E-state index in [2.05, 4.69) is 10.4 Å². The van der Waals surface area contributed by atoms with Crippen LogP contribution >= 0.6 is 0 Å². The predicted octanol–water partition coefficient (Wildman–Crippen LogP) is 1.39. The number of hydrogen-bond acceptors (Lipinski definition) is 2. The summed E-state index contributed by atoms with van der Waals surface area (Å²) in [6.07, 6.45) is 2.06. The van der Waals surface area contributed by atoms with Crippen molar-refractivity contribution in [1.29, 1.82) is 0 Å². The Morgan fingerprint density at radius 2 is 2.14 bits per heavy atom. The molecule has 2 rings (SSSR count). The number of nitrogens with zero attached hydrogens (tertiary/aromatic N) is 2. The van der Waals surface area contributed by atoms with Gasteiger partial charge in [-0.25, -0.2) is 0 Å². The fraction of sp³-hybridized carbons (Fsp3) is 0.600. The van der Waals surface area contributed by atoms with Gasteiger partial charge in [-0.3, -0.25) is 9.48 Å². The van der Waals surface area contributed by atoms with Gasteiger partial charge in [0, 0.05) is 13.0 Å². The third-order valence-corrected chi connectivity index (χ3v) is 2.71. The lowest BCUT2D eigenvalue weighted by molar-refractivity contribution is -0.117. The summed E-state index contributed by atoms with van der Waals surface area (Å²) in [6, 6.07) is 0. The molecule has 1 saturated carbocycles. The van der Waals surface area contributed by atoms with Gasteiger partial charge in [0.2, 0.25) is 5.91 Å². The highest BCUT2D eigenvalue weighted by Gasteiger charge is 2.30. The van der Waals surface area contributed by atoms with Crippen molar-refractivity contribution in [2.45, 2.75) is 26.7 Å². The monoisotopic (exact) mass is 193 g/mol. The summed E-state index contributed by atoms with van der Waals surface area (Å²) in [5.41, 5.74) is 2.78. The minimum atomic E-state index is 0.143. The van der Waals surface area contributed by atoms with E-state index in [0.29, 0.717) is 0 Å². The lowest BCUT2D eigenvalue weighted by Crippen LogP contribution is -2.14. The molecule has 1 aromatic heterocycles. The Hall–Kier alpha value is -1.32. The third-order valence-electron chi connectivity index (χ3n) is 2.71. The fourth-order valence-corrected chi connectivity index (χ4v) is 1.53. The Bertz CT molecular complexity index is 377. The molecule has 0 aromatic carbocycles. The molecular weight excluding hydrogens is 178 g/mol. The van der Waals surface area contributed by atoms with Crippen molar-refractivity contribution in [3.05, 3.63) is 11.4 Å². The molecule has 0 aliphatic heterocycles. The first-order valence-corrected chi connectivity index (χ1v) is 4.90. The standard InChI is InChI=1S/C10H15N3O/c1-6-9(7(2)13(3)12-6)11-10(14)8-4-5-8/h8H,4-5H2,1-3H3,(H,11,14). The molecule has 0 saturated heterocycles. The second-order valence-corrected chi connectivity index (χ2v) is 3.93. The number of aromatic nitrogens is 2. The van der Waals surface area contributed by atoms with Crippen LogP contribution < -0.4 is 5.32 Å². The number of carbonyl (C=O) groups is 1. The van der Waals surface area contributed by atoms with Gasteiger partial charge in [-0.1, -0.05) is 0 Å². The number of amides is 1. The predicted molar refractivity (Wildman–Crippen MR) is 54.0 cm³/mol. The molecule has 0 spiro atoms. The lowest BCUT2D eigenvalue weighted by Gasteiger charge is -2.03. The number of hydrogen-bond donors (Lipinski definition) is 1. The maximum Gasteiger partial charge on any atom is 0.227 e. The molecule has 0 bridgehead atoms. The Morgan fingerprint density at radius 3 is 2.57 bits per heavy atom. The van der Waals surface area contributed by atoms with E-state index >= 15 is 0 Å². The zero-order valence-corrected chi connectivity index (χ0v) is 8.79. The van der Waals surface area contributed by atoms with Crippen molar-refractivity contribution in [3.8, 4) is 0 Å². The molecule has 1 N–H and O–H groups in total. The number of anilines is 1. The topological polar surface area (TPSA) is 46.9 Å². The largest absolute Gasteiger partial charge is 0.323 e. The smallest absolute Gasteiger partial charge is 0.227 e. The highest BCUT2D eigenvalue weighted by molar-refractivity contribution is 5.95. The van der Waals surface area contributed by atoms with Crippen molar-refractivity contribution in [2.75, 3.05) is 5.32 Å². The minimum Gasteiger partial charge on any atom is -0.323 e. The number of carbonyl (C=O) groups excluding carboxylic acids is 1. The highest BCUT2D eigenvalue weighted by Crippen LogP contribution is 2.31. The number of aryl methyl sites for hydroxylation is 2. The van der Waals surface area contributed by atoms with Crippen LogP contribution in [0, 0.1) is 19.8 Å². The SMILES string of the molecule is Cc1nn(C)c(C)c1NC(=O)C1CC1. The molecule has 14 heavy (non-hydrogen) atoms. The van der Waals surface area contributed by atoms with Crippen molar-refractivity contribution in [2.24, 2.45) is 13.0 Å². The lowest BCUT2D eigenvalue weighted by atomic mass is 10.3. The second kappa shape index (κ2) is 3.12. The van der Waals surface area contributed by atoms with E-state index in [1.165, 1.54) is 0 Å². The van der Waals surface area contributed by atoms with Gasteiger partial charge in [0.15, 0.2) is 0 Å². The van der Waals surface area contributed by atoms with E-state index in [-0.39, 0.29) is 11.8 Å². The van der Waals surface area contributed by atoms with E-state index in [1.807, 2.05) is 20.9 Å². The van der Waals surface area contributed by atoms with Crippen LogP contribution in [0.25, 0.3) is 0 Å². The first kappa shape index (κ1) is 9.24. The molecule has 0 unspecified atom stereocenters. The molecule has 1 amide bonds. The van der Waals surface area contributed by atoms with E-state index < -0.39 is 0 Å². The molecule has 4 heteroatoms. The van der Waals surface area contributed by atoms with Crippen molar-refractivity contribution in [1.82, 2.24) is 9.78 Å². The van der Waals surface area contributed by atoms with Gasteiger partial charge in [0.25, 0.3) is 0 Å². The quantitative estimate of drug-likeness (QED) is 0.771. The molecular formula is C10H15N3O. The number of nitrogens with one attached hydrogen (secondary N) is 1. The Labute approximate surface area is 83.3 Å². The summed E-state index contributed by atoms with van der Waals surface area (Å²) in [7, 11) is 1.88. The van der Waals surface area contributed by atoms with Gasteiger partial charge in [-0.2, -0.15) is 5.10 Å². The molecule has 1 heterocycles. The van der Waals surface area contributed by atoms with Gasteiger partial charge >= 0.3 is 0 Å². The zero-order valence-electron chi connectivity index (χ0n) is 8.79. The maximum atomic E-state index is 11.5. The van der Waals surface area contributed by atoms with Crippen LogP contribution in [0.1, 0.15) is 24.2 Å². The van der Waals surface area contributed by atoms with Crippen molar-refractivity contribution in [3.63, 3.8) is 0 Å². The fourth-order valence-electron chi connectivity index (χ4n) is 1.53. The van der Waals surface area contributed by atoms with Gasteiger partial charge < -0.3 is 5.32 Å². The summed E-state index contributed by atoms with van der Waals surface area (Å²) in [5.74, 6) is 0.387. The van der Waals surface area contributed by atoms with E-state index in [9.17, 15) is 4.79 Å². The molecule has 76 valence electrons. The van der Waals surface area contributed by atoms with Crippen LogP contribution in [0.4, 0.5) is 5.69 Å². The summed E-state index contributed by atoms with van der Waals surface area (Å²) >= 11 is 0. The second-order valence-electron chi connectivity index (χ2n) is 3.93. The van der Waals surface area contributed by atoms with E-state index in [1.54, 1.807) is 4.68 Å². The average Bonchev–Trinajstić information content (AvgIpc) is 2.91. The minimum absolute atomic E-state index is 0.143. The van der Waals surface area contributed by atoms with Gasteiger partial charge in [-0.15, -0.1) is 0 Å². The zero-order chi connectivity index (χ0) is 10.3. The van der Waals surface area contributed by atoms with Crippen LogP contribution in [0.15, 0.2) is 0 Å². The molecule has 1 aliphatic rings. The summed E-state index contributed by atoms with van der Waals surface area (Å²) in [4.78, 5) is 11.5. The molecule has 1 aromatic rings. The highest BCUT2D eigenvalue weighted by atomic mass is 16.2. The van der Waals surface area contributed by atoms with E-state index in [0.717, 1.165) is 29.9 Å². The van der Waals surface area contributed by atoms with Crippen LogP contribution in [0.2, 0.25) is 0 Å². The average molecular weight is 193 g/mol. The third kappa shape index (κ3) is 1.52. The summed E-state index contributed by atoms with van der Waals surface area (Å²) < 4.78 is 1.79. The first-order chi connectivity index (χ1) is 6.59. The normalized spacial score (nSPS) is 15.6. The van der Waals surface area contributed by atoms with Gasteiger partial charge in [0.1, 0.15) is 0 Å². The molecule has 0 atom stereocenters. The van der Waals surface area contributed by atoms with Crippen molar-refractivity contribution >= 4 is 11.6 Å². The van der Waals surface area contributed by atoms with Crippen LogP contribution in [-0.2, 0) is 11.8 Å². The molecule has 1 aliphatic carbocycles. The van der Waals surface area contributed by atoms with Crippen LogP contribution in [0.5, 0.6) is 0 Å². The number of rotatable bonds is 2. The summed E-state index contributed by atoms with van der Waals surface area (Å²) in [6.45, 7) is 3.87. The van der Waals surface area contributed by atoms with Gasteiger partial charge in [0.05, 0.1) is 17.1 Å². The molecule has 4 nitrogen and oxygen atoms in total. The van der Waals surface area contributed by atoms with Crippen LogP contribution in [-0.4, -0.2) is 15.7 Å². The van der Waals surface area contributed by atoms with Crippen LogP contribution in [0.3, 0.4) is 0 Å². The van der Waals surface area contributed by atoms with Gasteiger partial charge in [-0.05, 0) is 26.7 Å². The maximum absolute atomic E-state index is 11.5. The Morgan fingerprint density at radius 1 is 1.50 bits per heavy atom. The molecule has 1 fully saturated rings.